The Hall–Kier alpha value is -4.00. The van der Waals surface area contributed by atoms with Gasteiger partial charge in [-0.05, 0) is 49.5 Å². The molecule has 41 heavy (non-hydrogen) atoms. The first-order valence-corrected chi connectivity index (χ1v) is 13.9. The Labute approximate surface area is 238 Å². The van der Waals surface area contributed by atoms with Gasteiger partial charge in [0.2, 0.25) is 5.88 Å². The number of nitrogen functional groups attached to an aromatic ring is 1. The number of ether oxygens (including phenoxy) is 2. The van der Waals surface area contributed by atoms with Crippen LogP contribution in [-0.2, 0) is 19.5 Å². The van der Waals surface area contributed by atoms with Gasteiger partial charge in [-0.25, -0.2) is 9.78 Å². The molecule has 3 heterocycles. The Bertz CT molecular complexity index is 1450. The van der Waals surface area contributed by atoms with E-state index in [2.05, 4.69) is 38.8 Å². The largest absolute Gasteiger partial charge is 0.478 e. The number of nitrogens with two attached hydrogens (primary N) is 1. The highest BCUT2D eigenvalue weighted by Crippen LogP contribution is 2.19. The summed E-state index contributed by atoms with van der Waals surface area (Å²) in [4.78, 5) is 30.5. The summed E-state index contributed by atoms with van der Waals surface area (Å²) in [5.74, 6) is 0.688. The van der Waals surface area contributed by atoms with Crippen LogP contribution in [-0.4, -0.2) is 72.7 Å². The molecule has 0 atom stereocenters. The number of imidazole rings is 1. The molecule has 0 unspecified atom stereocenters. The van der Waals surface area contributed by atoms with E-state index in [1.54, 1.807) is 12.3 Å². The third-order valence-corrected chi connectivity index (χ3v) is 6.54. The van der Waals surface area contributed by atoms with Crippen molar-refractivity contribution in [1.82, 2.24) is 29.4 Å². The lowest BCUT2D eigenvalue weighted by molar-refractivity contribution is -0.0381. The fourth-order valence-corrected chi connectivity index (χ4v) is 4.44. The number of anilines is 1. The zero-order chi connectivity index (χ0) is 29.2. The Morgan fingerprint density at radius 1 is 1.05 bits per heavy atom. The first-order chi connectivity index (χ1) is 19.8. The van der Waals surface area contributed by atoms with Crippen LogP contribution in [0.25, 0.3) is 11.2 Å². The summed E-state index contributed by atoms with van der Waals surface area (Å²) in [5, 5.41) is 18.4. The molecule has 0 saturated carbocycles. The maximum Gasteiger partial charge on any atom is 0.328 e. The summed E-state index contributed by atoms with van der Waals surface area (Å²) in [6, 6.07) is 11.7. The van der Waals surface area contributed by atoms with Gasteiger partial charge in [0.15, 0.2) is 17.8 Å². The number of hydrogen-bond donors (Lipinski definition) is 4. The minimum atomic E-state index is -1.34. The molecule has 4 aromatic rings. The molecular weight excluding hydrogens is 526 g/mol. The van der Waals surface area contributed by atoms with E-state index in [0.29, 0.717) is 30.3 Å². The Kier molecular flexibility index (Phi) is 10.7. The van der Waals surface area contributed by atoms with Crippen LogP contribution in [0.5, 0.6) is 11.9 Å². The zero-order valence-electron chi connectivity index (χ0n) is 23.6. The molecule has 0 fully saturated rings. The lowest BCUT2D eigenvalue weighted by atomic mass is 10.1. The minimum absolute atomic E-state index is 0.150. The summed E-state index contributed by atoms with van der Waals surface area (Å²) < 4.78 is 12.9. The molecule has 0 aliphatic carbocycles. The lowest BCUT2D eigenvalue weighted by Crippen LogP contribution is -2.20. The van der Waals surface area contributed by atoms with Crippen LogP contribution in [0.1, 0.15) is 49.3 Å². The van der Waals surface area contributed by atoms with E-state index < -0.39 is 6.29 Å². The number of pyridine rings is 1. The number of H-pyrrole nitrogens is 1. The van der Waals surface area contributed by atoms with Crippen LogP contribution < -0.4 is 20.9 Å². The van der Waals surface area contributed by atoms with Gasteiger partial charge in [-0.1, -0.05) is 43.7 Å². The molecule has 0 spiro atoms. The number of nitrogens with zero attached hydrogens (tertiary/aromatic N) is 5. The molecule has 0 radical (unpaired) electrons. The summed E-state index contributed by atoms with van der Waals surface area (Å²) in [6.45, 7) is 5.03. The van der Waals surface area contributed by atoms with Crippen molar-refractivity contribution in [3.05, 3.63) is 69.8 Å². The van der Waals surface area contributed by atoms with Gasteiger partial charge in [0.25, 0.3) is 0 Å². The van der Waals surface area contributed by atoms with Crippen LogP contribution in [0, 0.1) is 0 Å². The second-order valence-corrected chi connectivity index (χ2v) is 10.1. The topological polar surface area (TPSA) is 165 Å². The number of aromatic nitrogens is 5. The standard InChI is InChI=1S/C29H39N7O5/c1-3-4-13-41-28-33-26(30)25-27(34-28)36(29(39)32-25)19-22-10-11-23(31-17-22)40-14-6-5-12-35(2)18-21-9-7-8-20(15-21)16-24(37)38/h7-11,15,17,24,37-38H,3-6,12-14,16,18-19H2,1-2H3,(H,32,39)(H2,30,33,34). The van der Waals surface area contributed by atoms with Crippen LogP contribution in [0.15, 0.2) is 47.4 Å². The number of hydrogen-bond acceptors (Lipinski definition) is 10. The number of unbranched alkanes of at least 4 members (excludes halogenated alkanes) is 2. The summed E-state index contributed by atoms with van der Waals surface area (Å²) >= 11 is 0. The number of rotatable bonds is 16. The van der Waals surface area contributed by atoms with Crippen molar-refractivity contribution in [2.45, 2.75) is 58.4 Å². The SMILES string of the molecule is CCCCOc1nc(N)c2[nH]c(=O)n(Cc3ccc(OCCCCN(C)Cc4cccc(CC(O)O)c4)nc3)c2n1. The number of aliphatic hydroxyl groups excluding tert-OH is 1. The van der Waals surface area contributed by atoms with Crippen molar-refractivity contribution in [3.8, 4) is 11.9 Å². The molecular formula is C29H39N7O5. The smallest absolute Gasteiger partial charge is 0.328 e. The Morgan fingerprint density at radius 2 is 1.85 bits per heavy atom. The molecule has 0 aliphatic heterocycles. The highest BCUT2D eigenvalue weighted by Gasteiger charge is 2.15. The number of fused-ring (bicyclic) bond motifs is 1. The number of benzene rings is 1. The van der Waals surface area contributed by atoms with Gasteiger partial charge in [0, 0.05) is 25.2 Å². The van der Waals surface area contributed by atoms with Crippen LogP contribution >= 0.6 is 0 Å². The van der Waals surface area contributed by atoms with Gasteiger partial charge in [0.05, 0.1) is 19.8 Å². The van der Waals surface area contributed by atoms with E-state index in [9.17, 15) is 15.0 Å². The maximum atomic E-state index is 12.6. The van der Waals surface area contributed by atoms with Crippen LogP contribution in [0.2, 0.25) is 0 Å². The van der Waals surface area contributed by atoms with Gasteiger partial charge < -0.3 is 35.3 Å². The molecule has 12 heteroatoms. The number of aliphatic hydroxyl groups is 2. The highest BCUT2D eigenvalue weighted by atomic mass is 16.5. The van der Waals surface area contributed by atoms with Gasteiger partial charge in [-0.2, -0.15) is 9.97 Å². The van der Waals surface area contributed by atoms with Gasteiger partial charge in [-0.3, -0.25) is 4.57 Å². The first kappa shape index (κ1) is 30.0. The van der Waals surface area contributed by atoms with E-state index in [4.69, 9.17) is 15.2 Å². The molecule has 0 amide bonds. The van der Waals surface area contributed by atoms with E-state index in [-0.39, 0.29) is 30.5 Å². The van der Waals surface area contributed by atoms with Crippen molar-refractivity contribution in [3.63, 3.8) is 0 Å². The Balaban J connectivity index is 1.24. The van der Waals surface area contributed by atoms with Gasteiger partial charge >= 0.3 is 11.7 Å². The maximum absolute atomic E-state index is 12.6. The first-order valence-electron chi connectivity index (χ1n) is 13.9. The average molecular weight is 566 g/mol. The third-order valence-electron chi connectivity index (χ3n) is 6.54. The fourth-order valence-electron chi connectivity index (χ4n) is 4.44. The number of aromatic amines is 1. The second kappa shape index (κ2) is 14.6. The summed E-state index contributed by atoms with van der Waals surface area (Å²) in [7, 11) is 2.06. The average Bonchev–Trinajstić information content (AvgIpc) is 3.24. The van der Waals surface area contributed by atoms with Crippen molar-refractivity contribution in [1.29, 1.82) is 0 Å². The molecule has 12 nitrogen and oxygen atoms in total. The van der Waals surface area contributed by atoms with Crippen LogP contribution in [0.4, 0.5) is 5.82 Å². The van der Waals surface area contributed by atoms with E-state index in [1.165, 1.54) is 4.57 Å². The minimum Gasteiger partial charge on any atom is -0.478 e. The Morgan fingerprint density at radius 3 is 2.61 bits per heavy atom. The van der Waals surface area contributed by atoms with Crippen molar-refractivity contribution >= 4 is 17.0 Å². The molecule has 1 aromatic carbocycles. The van der Waals surface area contributed by atoms with Crippen LogP contribution in [0.3, 0.4) is 0 Å². The normalized spacial score (nSPS) is 11.6. The lowest BCUT2D eigenvalue weighted by Gasteiger charge is -2.17. The molecule has 0 saturated heterocycles. The summed E-state index contributed by atoms with van der Waals surface area (Å²) in [6.07, 6.45) is 4.25. The van der Waals surface area contributed by atoms with Crippen molar-refractivity contribution in [2.24, 2.45) is 0 Å². The van der Waals surface area contributed by atoms with Gasteiger partial charge in [-0.15, -0.1) is 0 Å². The summed E-state index contributed by atoms with van der Waals surface area (Å²) in [5.41, 5.74) is 9.32. The van der Waals surface area contributed by atoms with Gasteiger partial charge in [0.1, 0.15) is 5.52 Å². The fraction of sp³-hybridized carbons (Fsp3) is 0.448. The highest BCUT2D eigenvalue weighted by molar-refractivity contribution is 5.81. The zero-order valence-corrected chi connectivity index (χ0v) is 23.6. The molecule has 5 N–H and O–H groups in total. The van der Waals surface area contributed by atoms with Crippen molar-refractivity contribution in [2.75, 3.05) is 32.5 Å². The second-order valence-electron chi connectivity index (χ2n) is 10.1. The monoisotopic (exact) mass is 565 g/mol. The molecule has 0 bridgehead atoms. The molecule has 220 valence electrons. The van der Waals surface area contributed by atoms with E-state index >= 15 is 0 Å². The quantitative estimate of drug-likeness (QED) is 0.117. The van der Waals surface area contributed by atoms with E-state index in [1.807, 2.05) is 30.3 Å². The molecule has 4 rings (SSSR count). The predicted octanol–water partition coefficient (Wildman–Crippen LogP) is 2.47. The van der Waals surface area contributed by atoms with Crippen molar-refractivity contribution < 1.29 is 19.7 Å². The van der Waals surface area contributed by atoms with E-state index in [0.717, 1.165) is 55.5 Å². The predicted molar refractivity (Wildman–Crippen MR) is 156 cm³/mol. The number of nitrogens with one attached hydrogen (secondary N) is 1. The third kappa shape index (κ3) is 8.74. The molecule has 3 aromatic heterocycles. The molecule has 0 aliphatic rings.